The van der Waals surface area contributed by atoms with Gasteiger partial charge in [-0.25, -0.2) is 4.98 Å². The lowest BCUT2D eigenvalue weighted by Gasteiger charge is -2.38. The number of nitrogens with zero attached hydrogens (tertiary/aromatic N) is 6. The molecule has 1 N–H and O–H groups in total. The number of ether oxygens (including phenoxy) is 2. The van der Waals surface area contributed by atoms with E-state index < -0.39 is 0 Å². The van der Waals surface area contributed by atoms with Crippen LogP contribution in [0.4, 0.5) is 11.6 Å². The predicted molar refractivity (Wildman–Crippen MR) is 108 cm³/mol. The molecule has 29 heavy (non-hydrogen) atoms. The van der Waals surface area contributed by atoms with Crippen LogP contribution in [0.3, 0.4) is 0 Å². The fraction of sp³-hybridized carbons (Fsp3) is 0.550. The number of aromatic nitrogens is 5. The number of fused-ring (bicyclic) bond motifs is 3. The normalized spacial score (nSPS) is 27.1. The minimum atomic E-state index is 0.281. The van der Waals surface area contributed by atoms with E-state index in [1.165, 1.54) is 0 Å². The summed E-state index contributed by atoms with van der Waals surface area (Å²) in [6.45, 7) is 6.04. The highest BCUT2D eigenvalue weighted by Crippen LogP contribution is 2.36. The standard InChI is InChI=1S/C20H25N7O2/c1-13-10-28-7-6-25(13)19-8-18(26-14-2-3-15(26)12-29-11-14)23-20-16(9-22-27(19)20)17-4-5-21-24-17/h4-5,8-9,13-15H,2-3,6-7,10-12H2,1H3,(H,21,24)/t13-,14?,15?/m1/s1. The van der Waals surface area contributed by atoms with Gasteiger partial charge in [0, 0.05) is 18.8 Å². The molecule has 6 rings (SSSR count). The van der Waals surface area contributed by atoms with Gasteiger partial charge in [-0.3, -0.25) is 5.10 Å². The summed E-state index contributed by atoms with van der Waals surface area (Å²) in [5.41, 5.74) is 2.74. The Hall–Kier alpha value is -2.65. The van der Waals surface area contributed by atoms with E-state index in [1.807, 2.05) is 16.8 Å². The van der Waals surface area contributed by atoms with Gasteiger partial charge >= 0.3 is 0 Å². The summed E-state index contributed by atoms with van der Waals surface area (Å²) in [7, 11) is 0. The van der Waals surface area contributed by atoms with Crippen molar-refractivity contribution in [3.8, 4) is 11.3 Å². The molecule has 6 heterocycles. The summed E-state index contributed by atoms with van der Waals surface area (Å²) < 4.78 is 13.4. The minimum Gasteiger partial charge on any atom is -0.377 e. The topological polar surface area (TPSA) is 83.8 Å². The SMILES string of the molecule is C[C@@H]1COCCN1c1cc(N2C3CCC2COC3)nc2c(-c3ccn[nH]3)cnn12. The lowest BCUT2D eigenvalue weighted by atomic mass is 10.2. The fourth-order valence-corrected chi connectivity index (χ4v) is 4.94. The number of hydrogen-bond acceptors (Lipinski definition) is 7. The van der Waals surface area contributed by atoms with Crippen molar-refractivity contribution in [1.82, 2.24) is 24.8 Å². The number of morpholine rings is 2. The van der Waals surface area contributed by atoms with Crippen LogP contribution in [0.15, 0.2) is 24.5 Å². The van der Waals surface area contributed by atoms with Crippen molar-refractivity contribution in [1.29, 1.82) is 0 Å². The second-order valence-electron chi connectivity index (χ2n) is 8.18. The molecule has 3 aromatic heterocycles. The van der Waals surface area contributed by atoms with Crippen LogP contribution in [0.5, 0.6) is 0 Å². The number of anilines is 2. The molecule has 3 atom stereocenters. The Bertz CT molecular complexity index is 1000. The van der Waals surface area contributed by atoms with E-state index in [1.54, 1.807) is 6.20 Å². The third-order valence-electron chi connectivity index (χ3n) is 6.40. The van der Waals surface area contributed by atoms with Gasteiger partial charge in [-0.1, -0.05) is 0 Å². The van der Waals surface area contributed by atoms with Crippen LogP contribution in [-0.4, -0.2) is 75.9 Å². The van der Waals surface area contributed by atoms with Crippen molar-refractivity contribution < 1.29 is 9.47 Å². The van der Waals surface area contributed by atoms with Crippen LogP contribution in [0.2, 0.25) is 0 Å². The van der Waals surface area contributed by atoms with E-state index in [4.69, 9.17) is 19.6 Å². The molecule has 0 amide bonds. The summed E-state index contributed by atoms with van der Waals surface area (Å²) in [5.74, 6) is 2.08. The summed E-state index contributed by atoms with van der Waals surface area (Å²) in [5, 5.41) is 11.9. The molecule has 2 bridgehead atoms. The average Bonchev–Trinajstić information content (AvgIpc) is 3.45. The van der Waals surface area contributed by atoms with Crippen LogP contribution in [0.1, 0.15) is 19.8 Å². The number of aromatic amines is 1. The Balaban J connectivity index is 1.54. The highest BCUT2D eigenvalue weighted by Gasteiger charge is 2.39. The van der Waals surface area contributed by atoms with Crippen LogP contribution in [0.25, 0.3) is 16.9 Å². The van der Waals surface area contributed by atoms with Crippen molar-refractivity contribution >= 4 is 17.3 Å². The molecule has 0 aromatic carbocycles. The van der Waals surface area contributed by atoms with Gasteiger partial charge in [0.05, 0.1) is 62.0 Å². The highest BCUT2D eigenvalue weighted by molar-refractivity contribution is 5.77. The quantitative estimate of drug-likeness (QED) is 0.723. The molecule has 9 heteroatoms. The number of hydrogen-bond donors (Lipinski definition) is 1. The Labute approximate surface area is 168 Å². The lowest BCUT2D eigenvalue weighted by molar-refractivity contribution is 0.0902. The molecule has 9 nitrogen and oxygen atoms in total. The monoisotopic (exact) mass is 395 g/mol. The van der Waals surface area contributed by atoms with Crippen molar-refractivity contribution in [2.24, 2.45) is 0 Å². The zero-order valence-electron chi connectivity index (χ0n) is 16.5. The Morgan fingerprint density at radius 2 is 2.00 bits per heavy atom. The van der Waals surface area contributed by atoms with Gasteiger partial charge in [0.1, 0.15) is 11.6 Å². The zero-order valence-corrected chi connectivity index (χ0v) is 16.5. The fourth-order valence-electron chi connectivity index (χ4n) is 4.94. The number of rotatable bonds is 3. The van der Waals surface area contributed by atoms with E-state index in [0.717, 1.165) is 74.4 Å². The third-order valence-corrected chi connectivity index (χ3v) is 6.40. The van der Waals surface area contributed by atoms with Crippen molar-refractivity contribution in [2.75, 3.05) is 42.8 Å². The van der Waals surface area contributed by atoms with Gasteiger partial charge in [-0.05, 0) is 25.8 Å². The molecule has 0 aliphatic carbocycles. The molecule has 3 aliphatic rings. The Morgan fingerprint density at radius 3 is 2.76 bits per heavy atom. The van der Waals surface area contributed by atoms with Gasteiger partial charge in [0.25, 0.3) is 0 Å². The van der Waals surface area contributed by atoms with Crippen molar-refractivity contribution in [2.45, 2.75) is 37.9 Å². The maximum absolute atomic E-state index is 5.80. The van der Waals surface area contributed by atoms with Gasteiger partial charge < -0.3 is 19.3 Å². The van der Waals surface area contributed by atoms with Crippen LogP contribution in [-0.2, 0) is 9.47 Å². The molecule has 3 aromatic rings. The molecular formula is C20H25N7O2. The van der Waals surface area contributed by atoms with E-state index in [0.29, 0.717) is 12.1 Å². The molecule has 2 unspecified atom stereocenters. The first-order valence-corrected chi connectivity index (χ1v) is 10.4. The molecule has 3 fully saturated rings. The average molecular weight is 395 g/mol. The van der Waals surface area contributed by atoms with Gasteiger partial charge in [0.2, 0.25) is 0 Å². The molecule has 3 saturated heterocycles. The van der Waals surface area contributed by atoms with E-state index in [2.05, 4.69) is 33.0 Å². The van der Waals surface area contributed by atoms with E-state index in [9.17, 15) is 0 Å². The highest BCUT2D eigenvalue weighted by atomic mass is 16.5. The smallest absolute Gasteiger partial charge is 0.169 e. The van der Waals surface area contributed by atoms with Crippen LogP contribution >= 0.6 is 0 Å². The molecule has 152 valence electrons. The largest absolute Gasteiger partial charge is 0.377 e. The number of H-pyrrole nitrogens is 1. The zero-order chi connectivity index (χ0) is 19.4. The van der Waals surface area contributed by atoms with Crippen molar-refractivity contribution in [3.63, 3.8) is 0 Å². The maximum Gasteiger partial charge on any atom is 0.169 e. The predicted octanol–water partition coefficient (Wildman–Crippen LogP) is 1.71. The van der Waals surface area contributed by atoms with Crippen LogP contribution < -0.4 is 9.80 Å². The molecular weight excluding hydrogens is 370 g/mol. The summed E-state index contributed by atoms with van der Waals surface area (Å²) in [4.78, 5) is 9.96. The second-order valence-corrected chi connectivity index (χ2v) is 8.18. The number of nitrogens with one attached hydrogen (secondary N) is 1. The van der Waals surface area contributed by atoms with Gasteiger partial charge in [-0.15, -0.1) is 0 Å². The van der Waals surface area contributed by atoms with Crippen LogP contribution in [0, 0.1) is 0 Å². The van der Waals surface area contributed by atoms with Crippen molar-refractivity contribution in [3.05, 3.63) is 24.5 Å². The minimum absolute atomic E-state index is 0.281. The maximum atomic E-state index is 5.80. The Morgan fingerprint density at radius 1 is 1.14 bits per heavy atom. The summed E-state index contributed by atoms with van der Waals surface area (Å²) in [6.07, 6.45) is 5.96. The van der Waals surface area contributed by atoms with Gasteiger partial charge in [-0.2, -0.15) is 14.7 Å². The summed E-state index contributed by atoms with van der Waals surface area (Å²) >= 11 is 0. The molecule has 3 aliphatic heterocycles. The lowest BCUT2D eigenvalue weighted by Crippen LogP contribution is -2.47. The van der Waals surface area contributed by atoms with Gasteiger partial charge in [0.15, 0.2) is 5.65 Å². The molecule has 0 spiro atoms. The summed E-state index contributed by atoms with van der Waals surface area (Å²) in [6, 6.07) is 5.24. The third kappa shape index (κ3) is 2.71. The Kier molecular flexibility index (Phi) is 3.98. The van der Waals surface area contributed by atoms with E-state index in [-0.39, 0.29) is 6.04 Å². The van der Waals surface area contributed by atoms with E-state index >= 15 is 0 Å². The molecule has 0 radical (unpaired) electrons. The first-order valence-electron chi connectivity index (χ1n) is 10.4. The molecule has 0 saturated carbocycles. The first-order chi connectivity index (χ1) is 14.3. The second kappa shape index (κ2) is 6.70. The first kappa shape index (κ1) is 17.2.